The SMILES string of the molecule is COc1cc(C2(CN)CCCCC2)c(F)c(Br)c1OC. The molecule has 1 saturated carbocycles. The summed E-state index contributed by atoms with van der Waals surface area (Å²) in [4.78, 5) is 0. The molecule has 0 saturated heterocycles. The van der Waals surface area contributed by atoms with Crippen LogP contribution in [0.15, 0.2) is 10.5 Å². The Morgan fingerprint density at radius 1 is 1.25 bits per heavy atom. The molecule has 0 unspecified atom stereocenters. The fraction of sp³-hybridized carbons (Fsp3) is 0.600. The van der Waals surface area contributed by atoms with Gasteiger partial charge in [0.2, 0.25) is 0 Å². The van der Waals surface area contributed by atoms with Crippen LogP contribution in [0.2, 0.25) is 0 Å². The van der Waals surface area contributed by atoms with Crippen molar-refractivity contribution in [3.05, 3.63) is 21.9 Å². The Bertz CT molecular complexity index is 487. The molecule has 1 aliphatic rings. The van der Waals surface area contributed by atoms with Crippen molar-refractivity contribution in [2.75, 3.05) is 20.8 Å². The molecule has 0 amide bonds. The Kier molecular flexibility index (Phi) is 4.91. The summed E-state index contributed by atoms with van der Waals surface area (Å²) in [6.07, 6.45) is 5.20. The zero-order valence-electron chi connectivity index (χ0n) is 12.0. The normalized spacial score (nSPS) is 17.9. The van der Waals surface area contributed by atoms with Crippen molar-refractivity contribution in [3.8, 4) is 11.5 Å². The molecular formula is C15H21BrFNO2. The first-order chi connectivity index (χ1) is 9.59. The highest BCUT2D eigenvalue weighted by Crippen LogP contribution is 2.46. The third-order valence-corrected chi connectivity index (χ3v) is 5.03. The summed E-state index contributed by atoms with van der Waals surface area (Å²) < 4.78 is 25.6. The Labute approximate surface area is 127 Å². The zero-order chi connectivity index (χ0) is 14.8. The lowest BCUT2D eigenvalue weighted by Crippen LogP contribution is -2.38. The van der Waals surface area contributed by atoms with E-state index in [0.717, 1.165) is 25.7 Å². The van der Waals surface area contributed by atoms with Crippen molar-refractivity contribution in [1.29, 1.82) is 0 Å². The van der Waals surface area contributed by atoms with Gasteiger partial charge in [0, 0.05) is 17.5 Å². The van der Waals surface area contributed by atoms with Gasteiger partial charge < -0.3 is 15.2 Å². The molecule has 0 bridgehead atoms. The fourth-order valence-corrected chi connectivity index (χ4v) is 3.70. The van der Waals surface area contributed by atoms with Crippen LogP contribution in [0.4, 0.5) is 4.39 Å². The van der Waals surface area contributed by atoms with Crippen molar-refractivity contribution >= 4 is 15.9 Å². The number of halogens is 2. The molecule has 1 aromatic rings. The lowest BCUT2D eigenvalue weighted by molar-refractivity contribution is 0.286. The average molecular weight is 346 g/mol. The lowest BCUT2D eigenvalue weighted by Gasteiger charge is -2.37. The van der Waals surface area contributed by atoms with Crippen LogP contribution in [-0.4, -0.2) is 20.8 Å². The van der Waals surface area contributed by atoms with Crippen molar-refractivity contribution in [2.45, 2.75) is 37.5 Å². The first kappa shape index (κ1) is 15.6. The molecule has 3 nitrogen and oxygen atoms in total. The summed E-state index contributed by atoms with van der Waals surface area (Å²) in [6, 6.07) is 1.75. The molecule has 5 heteroatoms. The zero-order valence-corrected chi connectivity index (χ0v) is 13.6. The van der Waals surface area contributed by atoms with E-state index in [-0.39, 0.29) is 11.2 Å². The predicted octanol–water partition coefficient (Wildman–Crippen LogP) is 3.77. The van der Waals surface area contributed by atoms with Gasteiger partial charge in [0.25, 0.3) is 0 Å². The van der Waals surface area contributed by atoms with Crippen LogP contribution in [0.3, 0.4) is 0 Å². The van der Waals surface area contributed by atoms with Gasteiger partial charge in [0.15, 0.2) is 11.5 Å². The van der Waals surface area contributed by atoms with Gasteiger partial charge in [0.1, 0.15) is 5.82 Å². The number of nitrogens with two attached hydrogens (primary N) is 1. The first-order valence-corrected chi connectivity index (χ1v) is 7.69. The molecule has 0 radical (unpaired) electrons. The summed E-state index contributed by atoms with van der Waals surface area (Å²) >= 11 is 3.28. The summed E-state index contributed by atoms with van der Waals surface area (Å²) in [5, 5.41) is 0. The molecule has 0 aliphatic heterocycles. The van der Waals surface area contributed by atoms with Gasteiger partial charge in [-0.25, -0.2) is 4.39 Å². The van der Waals surface area contributed by atoms with Crippen LogP contribution >= 0.6 is 15.9 Å². The van der Waals surface area contributed by atoms with Crippen LogP contribution in [0.25, 0.3) is 0 Å². The predicted molar refractivity (Wildman–Crippen MR) is 81.0 cm³/mol. The summed E-state index contributed by atoms with van der Waals surface area (Å²) in [5.74, 6) is 0.640. The van der Waals surface area contributed by atoms with Crippen LogP contribution in [0.1, 0.15) is 37.7 Å². The smallest absolute Gasteiger partial charge is 0.177 e. The van der Waals surface area contributed by atoms with Crippen LogP contribution < -0.4 is 15.2 Å². The van der Waals surface area contributed by atoms with Crippen molar-refractivity contribution in [1.82, 2.24) is 0 Å². The quantitative estimate of drug-likeness (QED) is 0.903. The molecule has 0 spiro atoms. The molecule has 1 fully saturated rings. The van der Waals surface area contributed by atoms with E-state index in [2.05, 4.69) is 15.9 Å². The van der Waals surface area contributed by atoms with Gasteiger partial charge in [-0.15, -0.1) is 0 Å². The van der Waals surface area contributed by atoms with Crippen molar-refractivity contribution < 1.29 is 13.9 Å². The van der Waals surface area contributed by atoms with E-state index in [1.165, 1.54) is 13.5 Å². The third kappa shape index (κ3) is 2.53. The number of hydrogen-bond acceptors (Lipinski definition) is 3. The van der Waals surface area contributed by atoms with Crippen molar-refractivity contribution in [3.63, 3.8) is 0 Å². The minimum atomic E-state index is -0.287. The molecule has 1 aromatic carbocycles. The second kappa shape index (κ2) is 6.31. The van der Waals surface area contributed by atoms with E-state index in [1.807, 2.05) is 0 Å². The molecule has 20 heavy (non-hydrogen) atoms. The molecule has 0 atom stereocenters. The minimum Gasteiger partial charge on any atom is -0.493 e. The van der Waals surface area contributed by atoms with Gasteiger partial charge in [0.05, 0.1) is 18.7 Å². The van der Waals surface area contributed by atoms with Crippen LogP contribution in [0, 0.1) is 5.82 Å². The van der Waals surface area contributed by atoms with Gasteiger partial charge >= 0.3 is 0 Å². The number of ether oxygens (including phenoxy) is 2. The molecular weight excluding hydrogens is 325 g/mol. The Morgan fingerprint density at radius 2 is 1.90 bits per heavy atom. The van der Waals surface area contributed by atoms with Crippen LogP contribution in [0.5, 0.6) is 11.5 Å². The molecule has 112 valence electrons. The standard InChI is InChI=1S/C15H21BrFNO2/c1-19-11-8-10(13(17)12(16)14(11)20-2)15(9-18)6-4-3-5-7-15/h8H,3-7,9,18H2,1-2H3. The topological polar surface area (TPSA) is 44.5 Å². The average Bonchev–Trinajstić information content (AvgIpc) is 2.50. The van der Waals surface area contributed by atoms with E-state index >= 15 is 0 Å². The molecule has 1 aliphatic carbocycles. The Balaban J connectivity index is 2.58. The highest BCUT2D eigenvalue weighted by atomic mass is 79.9. The summed E-state index contributed by atoms with van der Waals surface area (Å²) in [5.41, 5.74) is 6.35. The van der Waals surface area contributed by atoms with E-state index in [1.54, 1.807) is 13.2 Å². The number of methoxy groups -OCH3 is 2. The second-order valence-corrected chi connectivity index (χ2v) is 6.13. The number of benzene rings is 1. The summed E-state index contributed by atoms with van der Waals surface area (Å²) in [6.45, 7) is 0.450. The van der Waals surface area contributed by atoms with Crippen molar-refractivity contribution in [2.24, 2.45) is 5.73 Å². The van der Waals surface area contributed by atoms with E-state index < -0.39 is 0 Å². The van der Waals surface area contributed by atoms with E-state index in [9.17, 15) is 4.39 Å². The largest absolute Gasteiger partial charge is 0.493 e. The Hall–Kier alpha value is -0.810. The highest BCUT2D eigenvalue weighted by molar-refractivity contribution is 9.10. The van der Waals surface area contributed by atoms with Crippen LogP contribution in [-0.2, 0) is 5.41 Å². The molecule has 0 aromatic heterocycles. The maximum absolute atomic E-state index is 14.7. The molecule has 0 heterocycles. The van der Waals surface area contributed by atoms with Gasteiger partial charge in [-0.3, -0.25) is 0 Å². The highest BCUT2D eigenvalue weighted by Gasteiger charge is 2.37. The van der Waals surface area contributed by atoms with E-state index in [4.69, 9.17) is 15.2 Å². The molecule has 2 rings (SSSR count). The maximum atomic E-state index is 14.7. The second-order valence-electron chi connectivity index (χ2n) is 5.33. The lowest BCUT2D eigenvalue weighted by atomic mass is 9.69. The Morgan fingerprint density at radius 3 is 2.40 bits per heavy atom. The number of rotatable bonds is 4. The minimum absolute atomic E-state index is 0.282. The van der Waals surface area contributed by atoms with E-state index in [0.29, 0.717) is 28.1 Å². The summed E-state index contributed by atoms with van der Waals surface area (Å²) in [7, 11) is 3.06. The monoisotopic (exact) mass is 345 g/mol. The first-order valence-electron chi connectivity index (χ1n) is 6.90. The van der Waals surface area contributed by atoms with Gasteiger partial charge in [-0.2, -0.15) is 0 Å². The number of hydrogen-bond donors (Lipinski definition) is 1. The maximum Gasteiger partial charge on any atom is 0.177 e. The van der Waals surface area contributed by atoms with Gasteiger partial charge in [-0.05, 0) is 34.8 Å². The van der Waals surface area contributed by atoms with Gasteiger partial charge in [-0.1, -0.05) is 19.3 Å². The fourth-order valence-electron chi connectivity index (χ4n) is 3.13. The molecule has 2 N–H and O–H groups in total. The third-order valence-electron chi connectivity index (χ3n) is 4.32.